The maximum Gasteiger partial charge on any atom is 0.303 e. The molecule has 0 aliphatic heterocycles. The van der Waals surface area contributed by atoms with Crippen LogP contribution in [0.3, 0.4) is 0 Å². The van der Waals surface area contributed by atoms with Gasteiger partial charge in [0.15, 0.2) is 0 Å². The molecule has 0 unspecified atom stereocenters. The highest BCUT2D eigenvalue weighted by molar-refractivity contribution is 7.89. The number of hydrogen-bond acceptors (Lipinski definition) is 5. The first-order valence-corrected chi connectivity index (χ1v) is 8.35. The molecular formula is C14H20N2O6S. The number of hydrogen-bond donors (Lipinski definition) is 2. The number of non-ortho nitro benzene ring substituents is 1. The first kappa shape index (κ1) is 19.0. The molecule has 0 spiro atoms. The highest BCUT2D eigenvalue weighted by atomic mass is 32.2. The fraction of sp³-hybridized carbons (Fsp3) is 0.500. The second-order valence-electron chi connectivity index (χ2n) is 6.03. The predicted molar refractivity (Wildman–Crippen MR) is 83.8 cm³/mol. The van der Waals surface area contributed by atoms with Gasteiger partial charge in [-0.25, -0.2) is 13.1 Å². The molecule has 2 N–H and O–H groups in total. The van der Waals surface area contributed by atoms with Crippen molar-refractivity contribution in [2.24, 2.45) is 0 Å². The minimum Gasteiger partial charge on any atom is -0.481 e. The Balaban J connectivity index is 3.23. The molecule has 0 heterocycles. The predicted octanol–water partition coefficient (Wildman–Crippen LogP) is 2.13. The Kier molecular flexibility index (Phi) is 5.49. The summed E-state index contributed by atoms with van der Waals surface area (Å²) >= 11 is 0. The molecule has 1 aromatic carbocycles. The van der Waals surface area contributed by atoms with Crippen molar-refractivity contribution in [3.63, 3.8) is 0 Å². The molecule has 0 radical (unpaired) electrons. The summed E-state index contributed by atoms with van der Waals surface area (Å²) in [6, 6.07) is 2.32. The Labute approximate surface area is 134 Å². The molecule has 0 saturated heterocycles. The number of aliphatic carboxylic acids is 1. The zero-order chi connectivity index (χ0) is 18.0. The monoisotopic (exact) mass is 344 g/mol. The second kappa shape index (κ2) is 6.63. The third-order valence-electron chi connectivity index (χ3n) is 3.48. The molecule has 128 valence electrons. The zero-order valence-corrected chi connectivity index (χ0v) is 14.2. The Bertz CT molecular complexity index is 740. The highest BCUT2D eigenvalue weighted by Crippen LogP contribution is 2.26. The van der Waals surface area contributed by atoms with E-state index in [9.17, 15) is 23.3 Å². The van der Waals surface area contributed by atoms with Gasteiger partial charge in [0, 0.05) is 24.1 Å². The van der Waals surface area contributed by atoms with E-state index in [1.807, 2.05) is 0 Å². The number of benzene rings is 1. The lowest BCUT2D eigenvalue weighted by Crippen LogP contribution is -2.43. The van der Waals surface area contributed by atoms with E-state index < -0.39 is 26.5 Å². The van der Waals surface area contributed by atoms with Crippen LogP contribution in [0.15, 0.2) is 17.0 Å². The first-order valence-electron chi connectivity index (χ1n) is 6.87. The Morgan fingerprint density at radius 2 is 1.91 bits per heavy atom. The van der Waals surface area contributed by atoms with Crippen LogP contribution in [0.1, 0.15) is 37.8 Å². The summed E-state index contributed by atoms with van der Waals surface area (Å²) < 4.78 is 27.5. The maximum absolute atomic E-state index is 12.6. The van der Waals surface area contributed by atoms with Crippen LogP contribution in [-0.4, -0.2) is 30.0 Å². The van der Waals surface area contributed by atoms with Crippen molar-refractivity contribution in [2.45, 2.75) is 51.0 Å². The second-order valence-corrected chi connectivity index (χ2v) is 7.68. The van der Waals surface area contributed by atoms with E-state index in [0.717, 1.165) is 6.07 Å². The van der Waals surface area contributed by atoms with Gasteiger partial charge in [0.2, 0.25) is 10.0 Å². The van der Waals surface area contributed by atoms with Gasteiger partial charge in [-0.05, 0) is 45.2 Å². The summed E-state index contributed by atoms with van der Waals surface area (Å²) in [5.41, 5.74) is -0.404. The Morgan fingerprint density at radius 1 is 1.35 bits per heavy atom. The number of carbonyl (C=O) groups is 1. The molecule has 0 atom stereocenters. The van der Waals surface area contributed by atoms with Crippen molar-refractivity contribution in [2.75, 3.05) is 0 Å². The van der Waals surface area contributed by atoms with E-state index >= 15 is 0 Å². The van der Waals surface area contributed by atoms with Crippen LogP contribution < -0.4 is 4.72 Å². The van der Waals surface area contributed by atoms with Crippen LogP contribution >= 0.6 is 0 Å². The molecule has 1 rings (SSSR count). The van der Waals surface area contributed by atoms with E-state index in [2.05, 4.69) is 4.72 Å². The molecular weight excluding hydrogens is 324 g/mol. The number of nitro groups is 1. The molecule has 23 heavy (non-hydrogen) atoms. The van der Waals surface area contributed by atoms with Gasteiger partial charge in [-0.1, -0.05) is 0 Å². The molecule has 8 nitrogen and oxygen atoms in total. The number of rotatable bonds is 7. The Morgan fingerprint density at radius 3 is 2.39 bits per heavy atom. The largest absolute Gasteiger partial charge is 0.481 e. The van der Waals surface area contributed by atoms with Crippen molar-refractivity contribution in [3.8, 4) is 0 Å². The molecule has 0 aromatic heterocycles. The number of carboxylic acid groups (broad SMARTS) is 1. The lowest BCUT2D eigenvalue weighted by atomic mass is 10.0. The molecule has 0 aliphatic rings. The fourth-order valence-electron chi connectivity index (χ4n) is 2.08. The fourth-order valence-corrected chi connectivity index (χ4v) is 3.86. The minimum atomic E-state index is -4.02. The van der Waals surface area contributed by atoms with Gasteiger partial charge >= 0.3 is 5.97 Å². The van der Waals surface area contributed by atoms with Gasteiger partial charge in [-0.2, -0.15) is 0 Å². The molecule has 0 aliphatic carbocycles. The van der Waals surface area contributed by atoms with Crippen LogP contribution in [0.5, 0.6) is 0 Å². The average Bonchev–Trinajstić information content (AvgIpc) is 2.37. The quantitative estimate of drug-likeness (QED) is 0.576. The average molecular weight is 344 g/mol. The lowest BCUT2D eigenvalue weighted by molar-refractivity contribution is -0.385. The summed E-state index contributed by atoms with van der Waals surface area (Å²) in [6.45, 7) is 6.29. The lowest BCUT2D eigenvalue weighted by Gasteiger charge is -2.26. The number of nitro benzene ring substituents is 1. The van der Waals surface area contributed by atoms with E-state index in [4.69, 9.17) is 5.11 Å². The van der Waals surface area contributed by atoms with Gasteiger partial charge in [0.05, 0.1) is 9.82 Å². The SMILES string of the molecule is Cc1cc([N+](=O)[O-])cc(S(=O)(=O)NC(C)(C)CCC(=O)O)c1C. The molecule has 0 saturated carbocycles. The number of nitrogens with one attached hydrogen (secondary N) is 1. The summed E-state index contributed by atoms with van der Waals surface area (Å²) in [6.07, 6.45) is -0.100. The molecule has 0 amide bonds. The van der Waals surface area contributed by atoms with Gasteiger partial charge in [-0.15, -0.1) is 0 Å². The van der Waals surface area contributed by atoms with Crippen LogP contribution in [0.25, 0.3) is 0 Å². The normalized spacial score (nSPS) is 12.2. The highest BCUT2D eigenvalue weighted by Gasteiger charge is 2.29. The van der Waals surface area contributed by atoms with Gasteiger partial charge in [0.25, 0.3) is 5.69 Å². The van der Waals surface area contributed by atoms with Gasteiger partial charge in [0.1, 0.15) is 0 Å². The first-order chi connectivity index (χ1) is 10.4. The van der Waals surface area contributed by atoms with Gasteiger partial charge < -0.3 is 5.11 Å². The number of aryl methyl sites for hydroxylation is 1. The molecule has 0 bridgehead atoms. The van der Waals surface area contributed by atoms with Gasteiger partial charge in [-0.3, -0.25) is 14.9 Å². The summed E-state index contributed by atoms with van der Waals surface area (Å²) in [4.78, 5) is 20.8. The molecule has 9 heteroatoms. The zero-order valence-electron chi connectivity index (χ0n) is 13.4. The summed E-state index contributed by atoms with van der Waals surface area (Å²) in [5.74, 6) is -1.03. The van der Waals surface area contributed by atoms with Crippen LogP contribution in [0.4, 0.5) is 5.69 Å². The summed E-state index contributed by atoms with van der Waals surface area (Å²) in [7, 11) is -4.02. The van der Waals surface area contributed by atoms with E-state index in [-0.39, 0.29) is 23.4 Å². The van der Waals surface area contributed by atoms with Crippen molar-refractivity contribution >= 4 is 21.7 Å². The van der Waals surface area contributed by atoms with E-state index in [1.54, 1.807) is 27.7 Å². The van der Waals surface area contributed by atoms with Crippen molar-refractivity contribution in [1.29, 1.82) is 0 Å². The van der Waals surface area contributed by atoms with Crippen molar-refractivity contribution in [3.05, 3.63) is 33.4 Å². The van der Waals surface area contributed by atoms with Crippen LogP contribution in [0, 0.1) is 24.0 Å². The van der Waals surface area contributed by atoms with E-state index in [0.29, 0.717) is 11.1 Å². The third-order valence-corrected chi connectivity index (χ3v) is 5.30. The minimum absolute atomic E-state index is 0.0918. The molecule has 0 fully saturated rings. The number of sulfonamides is 1. The van der Waals surface area contributed by atoms with Crippen LogP contribution in [0.2, 0.25) is 0 Å². The van der Waals surface area contributed by atoms with Crippen molar-refractivity contribution < 1.29 is 23.2 Å². The topological polar surface area (TPSA) is 127 Å². The smallest absolute Gasteiger partial charge is 0.303 e. The number of nitrogens with zero attached hydrogens (tertiary/aromatic N) is 1. The Hall–Kier alpha value is -2.00. The molecule has 1 aromatic rings. The van der Waals surface area contributed by atoms with E-state index in [1.165, 1.54) is 6.07 Å². The summed E-state index contributed by atoms with van der Waals surface area (Å²) in [5, 5.41) is 19.6. The number of carboxylic acids is 1. The standard InChI is InChI=1S/C14H20N2O6S/c1-9-7-11(16(19)20)8-12(10(9)2)23(21,22)15-14(3,4)6-5-13(17)18/h7-8,15H,5-6H2,1-4H3,(H,17,18). The maximum atomic E-state index is 12.6. The third kappa shape index (κ3) is 5.00. The van der Waals surface area contributed by atoms with Crippen LogP contribution in [-0.2, 0) is 14.8 Å². The van der Waals surface area contributed by atoms with Crippen molar-refractivity contribution in [1.82, 2.24) is 4.72 Å².